The topological polar surface area (TPSA) is 20.2 Å². The van der Waals surface area contributed by atoms with Gasteiger partial charge in [0.2, 0.25) is 0 Å². The minimum atomic E-state index is -0.762. The van der Waals surface area contributed by atoms with E-state index in [9.17, 15) is 9.50 Å². The van der Waals surface area contributed by atoms with Crippen molar-refractivity contribution in [2.75, 3.05) is 0 Å². The largest absolute Gasteiger partial charge is 0.390 e. The van der Waals surface area contributed by atoms with Crippen molar-refractivity contribution in [1.29, 1.82) is 0 Å². The van der Waals surface area contributed by atoms with E-state index in [4.69, 9.17) is 0 Å². The second kappa shape index (κ2) is 4.56. The molecule has 1 aromatic rings. The SMILES string of the molecule is CCC(O)(CC)Cc1ccccc1F. The van der Waals surface area contributed by atoms with Gasteiger partial charge in [-0.05, 0) is 24.5 Å². The predicted octanol–water partition coefficient (Wildman–Crippen LogP) is 2.92. The number of hydrogen-bond acceptors (Lipinski definition) is 1. The van der Waals surface area contributed by atoms with Gasteiger partial charge in [-0.3, -0.25) is 0 Å². The van der Waals surface area contributed by atoms with Crippen LogP contribution in [-0.2, 0) is 6.42 Å². The van der Waals surface area contributed by atoms with E-state index < -0.39 is 5.60 Å². The molecule has 0 aromatic heterocycles. The van der Waals surface area contributed by atoms with Crippen LogP contribution in [0.1, 0.15) is 32.3 Å². The number of halogens is 1. The molecule has 0 spiro atoms. The fourth-order valence-corrected chi connectivity index (χ4v) is 1.50. The molecule has 1 N–H and O–H groups in total. The standard InChI is InChI=1S/C12H17FO/c1-3-12(14,4-2)9-10-7-5-6-8-11(10)13/h5-8,14H,3-4,9H2,1-2H3. The number of rotatable bonds is 4. The van der Waals surface area contributed by atoms with Crippen LogP contribution < -0.4 is 0 Å². The smallest absolute Gasteiger partial charge is 0.126 e. The molecule has 0 aliphatic carbocycles. The minimum absolute atomic E-state index is 0.229. The van der Waals surface area contributed by atoms with Crippen molar-refractivity contribution >= 4 is 0 Å². The summed E-state index contributed by atoms with van der Waals surface area (Å²) in [4.78, 5) is 0. The zero-order valence-corrected chi connectivity index (χ0v) is 8.76. The normalized spacial score (nSPS) is 11.7. The highest BCUT2D eigenvalue weighted by atomic mass is 19.1. The molecule has 78 valence electrons. The molecule has 0 aliphatic heterocycles. The summed E-state index contributed by atoms with van der Waals surface area (Å²) in [5.74, 6) is -0.229. The van der Waals surface area contributed by atoms with Gasteiger partial charge in [0.1, 0.15) is 5.82 Å². The predicted molar refractivity (Wildman–Crippen MR) is 55.6 cm³/mol. The molecular formula is C12H17FO. The molecule has 1 aromatic carbocycles. The van der Waals surface area contributed by atoms with E-state index in [1.165, 1.54) is 6.07 Å². The second-order valence-electron chi connectivity index (χ2n) is 3.70. The first-order chi connectivity index (χ1) is 6.61. The van der Waals surface area contributed by atoms with Gasteiger partial charge in [-0.25, -0.2) is 4.39 Å². The lowest BCUT2D eigenvalue weighted by Gasteiger charge is -2.25. The number of hydrogen-bond donors (Lipinski definition) is 1. The molecule has 0 bridgehead atoms. The van der Waals surface area contributed by atoms with Crippen LogP contribution in [-0.4, -0.2) is 10.7 Å². The third kappa shape index (κ3) is 2.55. The van der Waals surface area contributed by atoms with E-state index in [2.05, 4.69) is 0 Å². The Hall–Kier alpha value is -0.890. The first kappa shape index (κ1) is 11.2. The lowest BCUT2D eigenvalue weighted by Crippen LogP contribution is -2.29. The lowest BCUT2D eigenvalue weighted by atomic mass is 9.89. The summed E-state index contributed by atoms with van der Waals surface area (Å²) in [7, 11) is 0. The molecule has 0 radical (unpaired) electrons. The molecule has 0 heterocycles. The fraction of sp³-hybridized carbons (Fsp3) is 0.500. The Morgan fingerprint density at radius 3 is 2.29 bits per heavy atom. The van der Waals surface area contributed by atoms with Gasteiger partial charge in [0.05, 0.1) is 5.60 Å². The van der Waals surface area contributed by atoms with E-state index in [0.29, 0.717) is 24.8 Å². The van der Waals surface area contributed by atoms with Crippen molar-refractivity contribution in [2.45, 2.75) is 38.7 Å². The van der Waals surface area contributed by atoms with Crippen LogP contribution in [0.5, 0.6) is 0 Å². The maximum atomic E-state index is 13.3. The molecule has 0 amide bonds. The first-order valence-corrected chi connectivity index (χ1v) is 5.07. The number of benzene rings is 1. The molecule has 0 saturated heterocycles. The summed E-state index contributed by atoms with van der Waals surface area (Å²) in [6.07, 6.45) is 1.70. The summed E-state index contributed by atoms with van der Waals surface area (Å²) in [6, 6.07) is 6.62. The molecule has 0 aliphatic rings. The van der Waals surface area contributed by atoms with E-state index in [0.717, 1.165) is 0 Å². The van der Waals surface area contributed by atoms with Gasteiger partial charge in [-0.2, -0.15) is 0 Å². The first-order valence-electron chi connectivity index (χ1n) is 5.07. The third-order valence-corrected chi connectivity index (χ3v) is 2.79. The highest BCUT2D eigenvalue weighted by Crippen LogP contribution is 2.22. The van der Waals surface area contributed by atoms with Crippen LogP contribution in [0, 0.1) is 5.82 Å². The van der Waals surface area contributed by atoms with Gasteiger partial charge >= 0.3 is 0 Å². The van der Waals surface area contributed by atoms with E-state index in [1.807, 2.05) is 13.8 Å². The van der Waals surface area contributed by atoms with Crippen molar-refractivity contribution < 1.29 is 9.50 Å². The maximum Gasteiger partial charge on any atom is 0.126 e. The molecule has 0 saturated carbocycles. The minimum Gasteiger partial charge on any atom is -0.390 e. The molecule has 14 heavy (non-hydrogen) atoms. The van der Waals surface area contributed by atoms with Crippen molar-refractivity contribution in [3.8, 4) is 0 Å². The second-order valence-corrected chi connectivity index (χ2v) is 3.70. The van der Waals surface area contributed by atoms with Crippen molar-refractivity contribution in [3.05, 3.63) is 35.6 Å². The summed E-state index contributed by atoms with van der Waals surface area (Å²) < 4.78 is 13.3. The quantitative estimate of drug-likeness (QED) is 0.785. The Morgan fingerprint density at radius 1 is 1.21 bits per heavy atom. The molecule has 0 unspecified atom stereocenters. The Balaban J connectivity index is 2.82. The van der Waals surface area contributed by atoms with Gasteiger partial charge in [-0.15, -0.1) is 0 Å². The molecule has 2 heteroatoms. The van der Waals surface area contributed by atoms with Crippen LogP contribution in [0.15, 0.2) is 24.3 Å². The van der Waals surface area contributed by atoms with Crippen LogP contribution in [0.4, 0.5) is 4.39 Å². The summed E-state index contributed by atoms with van der Waals surface area (Å²) in [5.41, 5.74) is -0.166. The van der Waals surface area contributed by atoms with Gasteiger partial charge in [-0.1, -0.05) is 32.0 Å². The molecule has 1 rings (SSSR count). The Kier molecular flexibility index (Phi) is 3.64. The molecule has 0 atom stereocenters. The van der Waals surface area contributed by atoms with Gasteiger partial charge < -0.3 is 5.11 Å². The average Bonchev–Trinajstić information content (AvgIpc) is 2.21. The molecular weight excluding hydrogens is 179 g/mol. The van der Waals surface area contributed by atoms with Crippen molar-refractivity contribution in [2.24, 2.45) is 0 Å². The zero-order chi connectivity index (χ0) is 10.6. The van der Waals surface area contributed by atoms with Crippen LogP contribution >= 0.6 is 0 Å². The van der Waals surface area contributed by atoms with Gasteiger partial charge in [0.15, 0.2) is 0 Å². The number of aliphatic hydroxyl groups is 1. The van der Waals surface area contributed by atoms with Crippen LogP contribution in [0.2, 0.25) is 0 Å². The highest BCUT2D eigenvalue weighted by Gasteiger charge is 2.23. The van der Waals surface area contributed by atoms with E-state index >= 15 is 0 Å². The molecule has 1 nitrogen and oxygen atoms in total. The van der Waals surface area contributed by atoms with Crippen molar-refractivity contribution in [1.82, 2.24) is 0 Å². The average molecular weight is 196 g/mol. The molecule has 0 fully saturated rings. The summed E-state index contributed by atoms with van der Waals surface area (Å²) in [6.45, 7) is 3.84. The van der Waals surface area contributed by atoms with Gasteiger partial charge in [0.25, 0.3) is 0 Å². The third-order valence-electron chi connectivity index (χ3n) is 2.79. The Bertz CT molecular complexity index is 292. The zero-order valence-electron chi connectivity index (χ0n) is 8.76. The monoisotopic (exact) mass is 196 g/mol. The summed E-state index contributed by atoms with van der Waals surface area (Å²) >= 11 is 0. The van der Waals surface area contributed by atoms with Crippen LogP contribution in [0.25, 0.3) is 0 Å². The maximum absolute atomic E-state index is 13.3. The van der Waals surface area contributed by atoms with Crippen LogP contribution in [0.3, 0.4) is 0 Å². The highest BCUT2D eigenvalue weighted by molar-refractivity contribution is 5.19. The van der Waals surface area contributed by atoms with E-state index in [-0.39, 0.29) is 5.82 Å². The fourth-order valence-electron chi connectivity index (χ4n) is 1.50. The Morgan fingerprint density at radius 2 is 1.79 bits per heavy atom. The summed E-state index contributed by atoms with van der Waals surface area (Å²) in [5, 5.41) is 10.0. The Labute approximate surface area is 84.6 Å². The van der Waals surface area contributed by atoms with Crippen molar-refractivity contribution in [3.63, 3.8) is 0 Å². The lowest BCUT2D eigenvalue weighted by molar-refractivity contribution is 0.0318. The van der Waals surface area contributed by atoms with E-state index in [1.54, 1.807) is 18.2 Å². The van der Waals surface area contributed by atoms with Gasteiger partial charge in [0, 0.05) is 6.42 Å².